The van der Waals surface area contributed by atoms with Crippen molar-refractivity contribution in [2.45, 2.75) is 6.92 Å². The van der Waals surface area contributed by atoms with Crippen LogP contribution in [0.5, 0.6) is 5.75 Å². The fourth-order valence-electron chi connectivity index (χ4n) is 2.31. The quantitative estimate of drug-likeness (QED) is 0.625. The zero-order valence-electron chi connectivity index (χ0n) is 13.0. The summed E-state index contributed by atoms with van der Waals surface area (Å²) in [6.07, 6.45) is 1.67. The highest BCUT2D eigenvalue weighted by Gasteiger charge is 2.19. The van der Waals surface area contributed by atoms with Crippen molar-refractivity contribution in [3.8, 4) is 5.75 Å². The van der Waals surface area contributed by atoms with Crippen molar-refractivity contribution in [2.24, 2.45) is 0 Å². The molecular formula is C19H15ClO4. The van der Waals surface area contributed by atoms with E-state index in [2.05, 4.69) is 0 Å². The van der Waals surface area contributed by atoms with Crippen LogP contribution in [0.3, 0.4) is 0 Å². The van der Waals surface area contributed by atoms with Gasteiger partial charge in [0.1, 0.15) is 12.4 Å². The molecule has 122 valence electrons. The van der Waals surface area contributed by atoms with Crippen LogP contribution >= 0.6 is 11.6 Å². The van der Waals surface area contributed by atoms with Crippen LogP contribution in [0, 0.1) is 6.92 Å². The number of carbonyl (C=O) groups excluding carboxylic acids is 2. The van der Waals surface area contributed by atoms with Crippen LogP contribution in [0.15, 0.2) is 48.0 Å². The molecule has 4 nitrogen and oxygen atoms in total. The van der Waals surface area contributed by atoms with Gasteiger partial charge in [0.15, 0.2) is 12.4 Å². The Bertz CT molecular complexity index is 822. The summed E-state index contributed by atoms with van der Waals surface area (Å²) in [7, 11) is 0. The third-order valence-corrected chi connectivity index (χ3v) is 3.89. The van der Waals surface area contributed by atoms with Gasteiger partial charge in [-0.25, -0.2) is 4.79 Å². The third-order valence-electron chi connectivity index (χ3n) is 3.65. The fourth-order valence-corrected chi connectivity index (χ4v) is 2.49. The van der Waals surface area contributed by atoms with Crippen molar-refractivity contribution in [2.75, 3.05) is 13.2 Å². The molecule has 0 aliphatic carbocycles. The Morgan fingerprint density at radius 2 is 1.92 bits per heavy atom. The summed E-state index contributed by atoms with van der Waals surface area (Å²) in [6, 6.07) is 12.3. The number of halogens is 1. The first-order chi connectivity index (χ1) is 11.5. The number of Topliss-reactive ketones (excluding diaryl/α,β-unsaturated/α-hetero) is 1. The highest BCUT2D eigenvalue weighted by Crippen LogP contribution is 2.29. The van der Waals surface area contributed by atoms with Gasteiger partial charge in [-0.3, -0.25) is 4.79 Å². The van der Waals surface area contributed by atoms with E-state index in [-0.39, 0.29) is 19.0 Å². The maximum Gasteiger partial charge on any atom is 0.337 e. The second-order valence-electron chi connectivity index (χ2n) is 5.51. The lowest BCUT2D eigenvalue weighted by Gasteiger charge is -2.17. The molecule has 0 N–H and O–H groups in total. The molecule has 3 rings (SSSR count). The van der Waals surface area contributed by atoms with Gasteiger partial charge in [0.2, 0.25) is 0 Å². The molecule has 0 unspecified atom stereocenters. The minimum atomic E-state index is -0.568. The Kier molecular flexibility index (Phi) is 4.67. The average Bonchev–Trinajstić information content (AvgIpc) is 2.59. The monoisotopic (exact) mass is 342 g/mol. The van der Waals surface area contributed by atoms with Crippen LogP contribution < -0.4 is 4.74 Å². The molecule has 0 saturated carbocycles. The predicted octanol–water partition coefficient (Wildman–Crippen LogP) is 3.85. The van der Waals surface area contributed by atoms with Crippen LogP contribution in [0.25, 0.3) is 6.08 Å². The van der Waals surface area contributed by atoms with E-state index in [1.165, 1.54) is 0 Å². The highest BCUT2D eigenvalue weighted by atomic mass is 35.5. The Morgan fingerprint density at radius 3 is 2.67 bits per heavy atom. The van der Waals surface area contributed by atoms with E-state index in [0.29, 0.717) is 27.5 Å². The number of fused-ring (bicyclic) bond motifs is 1. The molecule has 0 fully saturated rings. The molecule has 1 aliphatic heterocycles. The third kappa shape index (κ3) is 3.66. The van der Waals surface area contributed by atoms with Gasteiger partial charge in [0.05, 0.1) is 5.57 Å². The van der Waals surface area contributed by atoms with Gasteiger partial charge in [0.25, 0.3) is 0 Å². The number of benzene rings is 2. The molecule has 0 atom stereocenters. The number of carbonyl (C=O) groups is 2. The number of esters is 1. The molecule has 2 aromatic carbocycles. The van der Waals surface area contributed by atoms with Crippen LogP contribution in [-0.4, -0.2) is 25.0 Å². The molecule has 0 spiro atoms. The van der Waals surface area contributed by atoms with Crippen molar-refractivity contribution in [3.05, 3.63) is 69.8 Å². The van der Waals surface area contributed by atoms with Gasteiger partial charge in [0, 0.05) is 16.1 Å². The van der Waals surface area contributed by atoms with E-state index in [1.54, 1.807) is 36.4 Å². The van der Waals surface area contributed by atoms with Gasteiger partial charge in [-0.15, -0.1) is 0 Å². The fraction of sp³-hybridized carbons (Fsp3) is 0.158. The molecule has 24 heavy (non-hydrogen) atoms. The van der Waals surface area contributed by atoms with Gasteiger partial charge >= 0.3 is 5.97 Å². The summed E-state index contributed by atoms with van der Waals surface area (Å²) in [6.45, 7) is 1.74. The second-order valence-corrected chi connectivity index (χ2v) is 5.94. The summed E-state index contributed by atoms with van der Waals surface area (Å²) in [5, 5.41) is 0.553. The predicted molar refractivity (Wildman–Crippen MR) is 91.4 cm³/mol. The molecule has 0 saturated heterocycles. The smallest absolute Gasteiger partial charge is 0.337 e. The molecule has 2 aromatic rings. The highest BCUT2D eigenvalue weighted by molar-refractivity contribution is 6.30. The molecule has 0 amide bonds. The Hall–Kier alpha value is -2.59. The van der Waals surface area contributed by atoms with Crippen LogP contribution in [-0.2, 0) is 9.53 Å². The molecule has 1 heterocycles. The normalized spacial score (nSPS) is 12.7. The minimum Gasteiger partial charge on any atom is -0.488 e. The summed E-state index contributed by atoms with van der Waals surface area (Å²) in [5.74, 6) is -0.156. The molecule has 0 radical (unpaired) electrons. The maximum atomic E-state index is 12.1. The van der Waals surface area contributed by atoms with Crippen molar-refractivity contribution in [1.29, 1.82) is 0 Å². The molecule has 0 bridgehead atoms. The number of rotatable bonds is 4. The van der Waals surface area contributed by atoms with E-state index in [1.807, 2.05) is 19.1 Å². The Morgan fingerprint density at radius 1 is 1.17 bits per heavy atom. The Labute approximate surface area is 144 Å². The van der Waals surface area contributed by atoms with Crippen molar-refractivity contribution < 1.29 is 19.1 Å². The van der Waals surface area contributed by atoms with Crippen molar-refractivity contribution in [1.82, 2.24) is 0 Å². The van der Waals surface area contributed by atoms with Crippen molar-refractivity contribution >= 4 is 29.4 Å². The molecular weight excluding hydrogens is 328 g/mol. The first kappa shape index (κ1) is 16.3. The van der Waals surface area contributed by atoms with E-state index < -0.39 is 5.97 Å². The maximum absolute atomic E-state index is 12.1. The van der Waals surface area contributed by atoms with Gasteiger partial charge in [-0.1, -0.05) is 41.4 Å². The first-order valence-electron chi connectivity index (χ1n) is 7.43. The molecule has 0 aromatic heterocycles. The van der Waals surface area contributed by atoms with E-state index >= 15 is 0 Å². The van der Waals surface area contributed by atoms with Gasteiger partial charge < -0.3 is 9.47 Å². The Balaban J connectivity index is 1.65. The summed E-state index contributed by atoms with van der Waals surface area (Å²) in [5.41, 5.74) is 2.64. The lowest BCUT2D eigenvalue weighted by atomic mass is 10.1. The standard InChI is InChI=1S/C19H15ClO4/c1-12-2-4-13(5-3-12)17(21)11-24-19(22)15-8-14-9-16(20)6-7-18(14)23-10-15/h2-9H,10-11H2,1H3. The lowest BCUT2D eigenvalue weighted by Crippen LogP contribution is -2.20. The second kappa shape index (κ2) is 6.89. The molecule has 1 aliphatic rings. The average molecular weight is 343 g/mol. The number of hydrogen-bond donors (Lipinski definition) is 0. The van der Waals surface area contributed by atoms with E-state index in [4.69, 9.17) is 21.1 Å². The molecule has 5 heteroatoms. The summed E-state index contributed by atoms with van der Waals surface area (Å²) >= 11 is 5.94. The SMILES string of the molecule is Cc1ccc(C(=O)COC(=O)C2=Cc3cc(Cl)ccc3OC2)cc1. The number of aryl methyl sites for hydroxylation is 1. The lowest BCUT2D eigenvalue weighted by molar-refractivity contribution is -0.138. The van der Waals surface area contributed by atoms with E-state index in [0.717, 1.165) is 5.56 Å². The van der Waals surface area contributed by atoms with Gasteiger partial charge in [-0.2, -0.15) is 0 Å². The van der Waals surface area contributed by atoms with E-state index in [9.17, 15) is 9.59 Å². The largest absolute Gasteiger partial charge is 0.488 e. The zero-order chi connectivity index (χ0) is 17.1. The number of hydrogen-bond acceptors (Lipinski definition) is 4. The van der Waals surface area contributed by atoms with Gasteiger partial charge in [-0.05, 0) is 31.2 Å². The zero-order valence-corrected chi connectivity index (χ0v) is 13.8. The van der Waals surface area contributed by atoms with Crippen LogP contribution in [0.1, 0.15) is 21.5 Å². The summed E-state index contributed by atoms with van der Waals surface area (Å²) < 4.78 is 10.6. The summed E-state index contributed by atoms with van der Waals surface area (Å²) in [4.78, 5) is 24.2. The topological polar surface area (TPSA) is 52.6 Å². The van der Waals surface area contributed by atoms with Crippen LogP contribution in [0.2, 0.25) is 5.02 Å². The van der Waals surface area contributed by atoms with Crippen molar-refractivity contribution in [3.63, 3.8) is 0 Å². The number of ether oxygens (including phenoxy) is 2. The minimum absolute atomic E-state index is 0.103. The number of ketones is 1. The van der Waals surface area contributed by atoms with Crippen LogP contribution in [0.4, 0.5) is 0 Å². The first-order valence-corrected chi connectivity index (χ1v) is 7.80.